The van der Waals surface area contributed by atoms with E-state index in [9.17, 15) is 14.0 Å². The molecule has 1 aromatic heterocycles. The maximum absolute atomic E-state index is 13.2. The van der Waals surface area contributed by atoms with Crippen LogP contribution in [0.5, 0.6) is 0 Å². The third kappa shape index (κ3) is 3.11. The number of hydrogen-bond donors (Lipinski definition) is 2. The molecule has 0 saturated heterocycles. The highest BCUT2D eigenvalue weighted by Gasteiger charge is 2.13. The Labute approximate surface area is 114 Å². The summed E-state index contributed by atoms with van der Waals surface area (Å²) in [6, 6.07) is 2.63. The number of aromatic amines is 1. The summed E-state index contributed by atoms with van der Waals surface area (Å²) in [5, 5.41) is 6.18. The zero-order valence-corrected chi connectivity index (χ0v) is 11.1. The van der Waals surface area contributed by atoms with Gasteiger partial charge in [-0.05, 0) is 37.1 Å². The van der Waals surface area contributed by atoms with Crippen molar-refractivity contribution in [1.29, 1.82) is 0 Å². The van der Waals surface area contributed by atoms with Gasteiger partial charge in [0.1, 0.15) is 5.82 Å². The summed E-state index contributed by atoms with van der Waals surface area (Å²) >= 11 is 0. The standard InChI is InChI=1S/C13H14FN3O3/c1-7-5-9(14)6-8(2)11(7)12(18)15-4-3-10-16-13(19)20-17-10/h5-6H,3-4H2,1-2H3,(H,15,18)(H,16,17,19). The third-order valence-corrected chi connectivity index (χ3v) is 2.86. The molecule has 0 aliphatic carbocycles. The molecule has 1 aromatic carbocycles. The van der Waals surface area contributed by atoms with Gasteiger partial charge < -0.3 is 5.32 Å². The van der Waals surface area contributed by atoms with Gasteiger partial charge in [0, 0.05) is 18.5 Å². The first-order chi connectivity index (χ1) is 9.47. The van der Waals surface area contributed by atoms with Crippen molar-refractivity contribution in [3.8, 4) is 0 Å². The van der Waals surface area contributed by atoms with E-state index in [0.29, 0.717) is 28.9 Å². The van der Waals surface area contributed by atoms with Crippen LogP contribution in [-0.4, -0.2) is 22.6 Å². The number of rotatable bonds is 4. The van der Waals surface area contributed by atoms with Gasteiger partial charge in [-0.2, -0.15) is 0 Å². The van der Waals surface area contributed by atoms with Gasteiger partial charge in [-0.1, -0.05) is 5.16 Å². The second-order valence-electron chi connectivity index (χ2n) is 4.46. The molecule has 2 rings (SSSR count). The van der Waals surface area contributed by atoms with Crippen LogP contribution in [0.4, 0.5) is 4.39 Å². The largest absolute Gasteiger partial charge is 0.438 e. The van der Waals surface area contributed by atoms with Gasteiger partial charge in [0.25, 0.3) is 5.91 Å². The summed E-state index contributed by atoms with van der Waals surface area (Å²) in [5.41, 5.74) is 1.62. The van der Waals surface area contributed by atoms with Crippen LogP contribution in [0.15, 0.2) is 21.5 Å². The average Bonchev–Trinajstić information content (AvgIpc) is 2.73. The summed E-state index contributed by atoms with van der Waals surface area (Å²) in [6.45, 7) is 3.65. The van der Waals surface area contributed by atoms with E-state index < -0.39 is 5.76 Å². The first-order valence-electron chi connectivity index (χ1n) is 6.07. The van der Waals surface area contributed by atoms with Crippen molar-refractivity contribution in [3.05, 3.63) is 51.0 Å². The molecule has 2 aromatic rings. The molecule has 7 heteroatoms. The van der Waals surface area contributed by atoms with Gasteiger partial charge >= 0.3 is 5.76 Å². The first-order valence-corrected chi connectivity index (χ1v) is 6.07. The Kier molecular flexibility index (Phi) is 3.97. The molecule has 1 heterocycles. The maximum Gasteiger partial charge on any atom is 0.438 e. The number of hydrogen-bond acceptors (Lipinski definition) is 4. The number of carbonyl (C=O) groups is 1. The molecule has 0 unspecified atom stereocenters. The first kappa shape index (κ1) is 14.0. The molecule has 2 N–H and O–H groups in total. The van der Waals surface area contributed by atoms with Gasteiger partial charge in [-0.15, -0.1) is 0 Å². The predicted molar refractivity (Wildman–Crippen MR) is 69.0 cm³/mol. The highest BCUT2D eigenvalue weighted by molar-refractivity contribution is 5.97. The molecule has 6 nitrogen and oxygen atoms in total. The molecule has 0 aliphatic rings. The van der Waals surface area contributed by atoms with E-state index in [0.717, 1.165) is 0 Å². The van der Waals surface area contributed by atoms with E-state index in [2.05, 4.69) is 20.0 Å². The molecule has 0 saturated carbocycles. The lowest BCUT2D eigenvalue weighted by molar-refractivity contribution is 0.0952. The van der Waals surface area contributed by atoms with E-state index >= 15 is 0 Å². The van der Waals surface area contributed by atoms with Crippen LogP contribution < -0.4 is 11.1 Å². The second-order valence-corrected chi connectivity index (χ2v) is 4.46. The normalized spacial score (nSPS) is 10.6. The smallest absolute Gasteiger partial charge is 0.352 e. The number of halogens is 1. The minimum absolute atomic E-state index is 0.286. The van der Waals surface area contributed by atoms with Crippen molar-refractivity contribution < 1.29 is 13.7 Å². The lowest BCUT2D eigenvalue weighted by Crippen LogP contribution is -2.27. The molecule has 0 spiro atoms. The van der Waals surface area contributed by atoms with Crippen LogP contribution >= 0.6 is 0 Å². The molecule has 0 atom stereocenters. The van der Waals surface area contributed by atoms with E-state index in [1.807, 2.05) is 0 Å². The fourth-order valence-electron chi connectivity index (χ4n) is 2.02. The molecule has 20 heavy (non-hydrogen) atoms. The lowest BCUT2D eigenvalue weighted by atomic mass is 10.0. The number of amides is 1. The molecule has 0 fully saturated rings. The summed E-state index contributed by atoms with van der Waals surface area (Å²) in [5.74, 6) is -0.915. The van der Waals surface area contributed by atoms with Crippen molar-refractivity contribution in [1.82, 2.24) is 15.5 Å². The van der Waals surface area contributed by atoms with E-state index in [1.165, 1.54) is 12.1 Å². The SMILES string of the molecule is Cc1cc(F)cc(C)c1C(=O)NCCc1noc(=O)[nH]1. The molecule has 0 radical (unpaired) electrons. The van der Waals surface area contributed by atoms with Gasteiger partial charge in [-0.3, -0.25) is 14.3 Å². The Hall–Kier alpha value is -2.44. The number of aryl methyl sites for hydroxylation is 2. The van der Waals surface area contributed by atoms with E-state index in [4.69, 9.17) is 0 Å². The summed E-state index contributed by atoms with van der Waals surface area (Å²) in [6.07, 6.45) is 0.344. The van der Waals surface area contributed by atoms with Crippen molar-refractivity contribution >= 4 is 5.91 Å². The van der Waals surface area contributed by atoms with Crippen LogP contribution in [0.2, 0.25) is 0 Å². The summed E-state index contributed by atoms with van der Waals surface area (Å²) < 4.78 is 17.5. The quantitative estimate of drug-likeness (QED) is 0.877. The van der Waals surface area contributed by atoms with Crippen LogP contribution in [0.3, 0.4) is 0 Å². The third-order valence-electron chi connectivity index (χ3n) is 2.86. The molecular formula is C13H14FN3O3. The number of nitrogens with one attached hydrogen (secondary N) is 2. The van der Waals surface area contributed by atoms with Crippen molar-refractivity contribution in [2.75, 3.05) is 6.54 Å². The van der Waals surface area contributed by atoms with Crippen molar-refractivity contribution in [2.45, 2.75) is 20.3 Å². The number of aromatic nitrogens is 2. The Balaban J connectivity index is 2.00. The minimum atomic E-state index is -0.628. The second kappa shape index (κ2) is 5.68. The molecular weight excluding hydrogens is 265 g/mol. The zero-order valence-electron chi connectivity index (χ0n) is 11.1. The van der Waals surface area contributed by atoms with E-state index in [1.54, 1.807) is 13.8 Å². The average molecular weight is 279 g/mol. The van der Waals surface area contributed by atoms with Crippen molar-refractivity contribution in [3.63, 3.8) is 0 Å². The molecule has 1 amide bonds. The minimum Gasteiger partial charge on any atom is -0.352 e. The molecule has 0 bridgehead atoms. The Morgan fingerprint density at radius 3 is 2.60 bits per heavy atom. The molecule has 106 valence electrons. The van der Waals surface area contributed by atoms with Gasteiger partial charge in [0.15, 0.2) is 5.82 Å². The Morgan fingerprint density at radius 1 is 1.40 bits per heavy atom. The van der Waals surface area contributed by atoms with Gasteiger partial charge in [0.2, 0.25) is 0 Å². The maximum atomic E-state index is 13.2. The topological polar surface area (TPSA) is 88.0 Å². The predicted octanol–water partition coefficient (Wildman–Crippen LogP) is 1.09. The number of benzene rings is 1. The Bertz CT molecular complexity index is 667. The van der Waals surface area contributed by atoms with Crippen LogP contribution in [-0.2, 0) is 6.42 Å². The van der Waals surface area contributed by atoms with Gasteiger partial charge in [0.05, 0.1) is 0 Å². The van der Waals surface area contributed by atoms with Crippen molar-refractivity contribution in [2.24, 2.45) is 0 Å². The summed E-state index contributed by atoms with van der Waals surface area (Å²) in [4.78, 5) is 25.2. The fourth-order valence-corrected chi connectivity index (χ4v) is 2.02. The van der Waals surface area contributed by atoms with Crippen LogP contribution in [0.25, 0.3) is 0 Å². The zero-order chi connectivity index (χ0) is 14.7. The summed E-state index contributed by atoms with van der Waals surface area (Å²) in [7, 11) is 0. The fraction of sp³-hybridized carbons (Fsp3) is 0.308. The monoisotopic (exact) mass is 279 g/mol. The van der Waals surface area contributed by atoms with Crippen LogP contribution in [0, 0.1) is 19.7 Å². The van der Waals surface area contributed by atoms with Gasteiger partial charge in [-0.25, -0.2) is 9.18 Å². The number of H-pyrrole nitrogens is 1. The number of nitrogens with zero attached hydrogens (tertiary/aromatic N) is 1. The highest BCUT2D eigenvalue weighted by atomic mass is 19.1. The highest BCUT2D eigenvalue weighted by Crippen LogP contribution is 2.15. The number of carbonyl (C=O) groups excluding carboxylic acids is 1. The molecule has 0 aliphatic heterocycles. The van der Waals surface area contributed by atoms with Crippen LogP contribution in [0.1, 0.15) is 27.3 Å². The van der Waals surface area contributed by atoms with E-state index in [-0.39, 0.29) is 18.3 Å². The Morgan fingerprint density at radius 2 is 2.05 bits per heavy atom. The lowest BCUT2D eigenvalue weighted by Gasteiger charge is -2.10.